The van der Waals surface area contributed by atoms with Crippen LogP contribution in [0.5, 0.6) is 0 Å². The minimum absolute atomic E-state index is 0.0941. The zero-order valence-electron chi connectivity index (χ0n) is 9.79. The predicted octanol–water partition coefficient (Wildman–Crippen LogP) is -1.98. The Hall–Kier alpha value is -1.81. The second-order valence-corrected chi connectivity index (χ2v) is 4.36. The molecule has 1 aliphatic heterocycles. The lowest BCUT2D eigenvalue weighted by atomic mass is 10.0. The van der Waals surface area contributed by atoms with Crippen LogP contribution in [0.1, 0.15) is 6.23 Å². The molecule has 0 amide bonds. The maximum atomic E-state index is 9.95. The number of hydrogen-bond donors (Lipinski definition) is 4. The highest BCUT2D eigenvalue weighted by molar-refractivity contribution is 5.81. The number of hydrogen-bond acceptors (Lipinski definition) is 8. The van der Waals surface area contributed by atoms with Crippen molar-refractivity contribution in [3.05, 3.63) is 12.7 Å². The fraction of sp³-hybridized carbons (Fsp3) is 0.500. The molecule has 2 aromatic heterocycles. The summed E-state index contributed by atoms with van der Waals surface area (Å²) < 4.78 is 6.78. The molecule has 0 unspecified atom stereocenters. The monoisotopic (exact) mass is 267 g/mol. The SMILES string of the molecule is Nc1ncnc2c1ncn2[C@@H]1OC[C@H](O)[C@H](O)[C@H]1O. The van der Waals surface area contributed by atoms with Gasteiger partial charge in [0.25, 0.3) is 0 Å². The van der Waals surface area contributed by atoms with Gasteiger partial charge < -0.3 is 25.8 Å². The van der Waals surface area contributed by atoms with Gasteiger partial charge in [-0.2, -0.15) is 0 Å². The Labute approximate surface area is 107 Å². The second-order valence-electron chi connectivity index (χ2n) is 4.36. The minimum atomic E-state index is -1.30. The Kier molecular flexibility index (Phi) is 2.82. The maximum absolute atomic E-state index is 9.95. The first-order valence-electron chi connectivity index (χ1n) is 5.68. The highest BCUT2D eigenvalue weighted by Crippen LogP contribution is 2.27. The predicted molar refractivity (Wildman–Crippen MR) is 62.7 cm³/mol. The topological polar surface area (TPSA) is 140 Å². The summed E-state index contributed by atoms with van der Waals surface area (Å²) in [6.07, 6.45) is -1.93. The van der Waals surface area contributed by atoms with Crippen molar-refractivity contribution in [2.45, 2.75) is 24.5 Å². The molecule has 0 saturated carbocycles. The lowest BCUT2D eigenvalue weighted by Gasteiger charge is -2.35. The Balaban J connectivity index is 2.03. The van der Waals surface area contributed by atoms with Crippen molar-refractivity contribution in [1.82, 2.24) is 19.5 Å². The van der Waals surface area contributed by atoms with E-state index in [2.05, 4.69) is 15.0 Å². The van der Waals surface area contributed by atoms with Crippen molar-refractivity contribution in [2.75, 3.05) is 12.3 Å². The fourth-order valence-electron chi connectivity index (χ4n) is 2.09. The molecule has 2 aromatic rings. The number of nitrogens with two attached hydrogens (primary N) is 1. The van der Waals surface area contributed by atoms with Gasteiger partial charge >= 0.3 is 0 Å². The van der Waals surface area contributed by atoms with E-state index in [1.807, 2.05) is 0 Å². The number of aliphatic hydroxyl groups is 3. The second kappa shape index (κ2) is 4.38. The van der Waals surface area contributed by atoms with Crippen LogP contribution in [0.2, 0.25) is 0 Å². The van der Waals surface area contributed by atoms with Crippen molar-refractivity contribution < 1.29 is 20.1 Å². The van der Waals surface area contributed by atoms with E-state index in [-0.39, 0.29) is 12.4 Å². The van der Waals surface area contributed by atoms with Crippen LogP contribution in [0, 0.1) is 0 Å². The zero-order chi connectivity index (χ0) is 13.6. The normalized spacial score (nSPS) is 31.7. The van der Waals surface area contributed by atoms with Crippen LogP contribution in [-0.2, 0) is 4.74 Å². The van der Waals surface area contributed by atoms with Crippen LogP contribution < -0.4 is 5.73 Å². The van der Waals surface area contributed by atoms with Crippen molar-refractivity contribution in [2.24, 2.45) is 0 Å². The van der Waals surface area contributed by atoms with E-state index in [4.69, 9.17) is 10.5 Å². The summed E-state index contributed by atoms with van der Waals surface area (Å²) in [7, 11) is 0. The molecule has 9 nitrogen and oxygen atoms in total. The van der Waals surface area contributed by atoms with Gasteiger partial charge in [0.15, 0.2) is 17.7 Å². The van der Waals surface area contributed by atoms with E-state index in [9.17, 15) is 15.3 Å². The van der Waals surface area contributed by atoms with Crippen molar-refractivity contribution in [1.29, 1.82) is 0 Å². The Bertz CT molecular complexity index is 603. The number of fused-ring (bicyclic) bond motifs is 1. The summed E-state index contributed by atoms with van der Waals surface area (Å²) in [6, 6.07) is 0. The highest BCUT2D eigenvalue weighted by Gasteiger charge is 2.39. The summed E-state index contributed by atoms with van der Waals surface area (Å²) >= 11 is 0. The van der Waals surface area contributed by atoms with E-state index < -0.39 is 24.5 Å². The van der Waals surface area contributed by atoms with Crippen LogP contribution in [0.4, 0.5) is 5.82 Å². The van der Waals surface area contributed by atoms with Gasteiger partial charge in [0, 0.05) is 0 Å². The zero-order valence-corrected chi connectivity index (χ0v) is 9.79. The van der Waals surface area contributed by atoms with E-state index in [1.165, 1.54) is 17.2 Å². The Morgan fingerprint density at radius 1 is 1.21 bits per heavy atom. The standard InChI is InChI=1S/C10H13N5O4/c11-8-5-9(13-2-12-8)15(3-14-5)10-7(18)6(17)4(16)1-19-10/h2-4,6-7,10,16-18H,1H2,(H2,11,12,13)/t4-,6-,7+,10+/m0/s1. The summed E-state index contributed by atoms with van der Waals surface area (Å²) in [5, 5.41) is 29.0. The molecule has 1 saturated heterocycles. The molecular formula is C10H13N5O4. The summed E-state index contributed by atoms with van der Waals surface area (Å²) in [6.45, 7) is -0.0941. The number of anilines is 1. The first kappa shape index (κ1) is 12.2. The number of nitrogens with zero attached hydrogens (tertiary/aromatic N) is 4. The van der Waals surface area contributed by atoms with Crippen LogP contribution >= 0.6 is 0 Å². The van der Waals surface area contributed by atoms with Crippen molar-refractivity contribution in [3.63, 3.8) is 0 Å². The molecule has 19 heavy (non-hydrogen) atoms. The van der Waals surface area contributed by atoms with Crippen LogP contribution in [0.15, 0.2) is 12.7 Å². The van der Waals surface area contributed by atoms with E-state index in [1.54, 1.807) is 0 Å². The average molecular weight is 267 g/mol. The van der Waals surface area contributed by atoms with Gasteiger partial charge in [0.1, 0.15) is 30.2 Å². The lowest BCUT2D eigenvalue weighted by Crippen LogP contribution is -2.50. The minimum Gasteiger partial charge on any atom is -0.388 e. The maximum Gasteiger partial charge on any atom is 0.167 e. The molecule has 1 fully saturated rings. The molecule has 102 valence electrons. The number of imidazole rings is 1. The molecule has 4 atom stereocenters. The molecule has 5 N–H and O–H groups in total. The molecule has 0 radical (unpaired) electrons. The third-order valence-corrected chi connectivity index (χ3v) is 3.14. The number of ether oxygens (including phenoxy) is 1. The number of rotatable bonds is 1. The van der Waals surface area contributed by atoms with Gasteiger partial charge in [-0.1, -0.05) is 0 Å². The fourth-order valence-corrected chi connectivity index (χ4v) is 2.09. The molecular weight excluding hydrogens is 254 g/mol. The Morgan fingerprint density at radius 3 is 2.79 bits per heavy atom. The lowest BCUT2D eigenvalue weighted by molar-refractivity contribution is -0.210. The van der Waals surface area contributed by atoms with Crippen LogP contribution in [-0.4, -0.2) is 59.8 Å². The number of aromatic nitrogens is 4. The molecule has 3 heterocycles. The summed E-state index contributed by atoms with van der Waals surface area (Å²) in [4.78, 5) is 11.9. The van der Waals surface area contributed by atoms with Crippen LogP contribution in [0.25, 0.3) is 11.2 Å². The third kappa shape index (κ3) is 1.83. The van der Waals surface area contributed by atoms with Gasteiger partial charge in [-0.25, -0.2) is 15.0 Å². The molecule has 3 rings (SSSR count). The molecule has 0 spiro atoms. The molecule has 0 aliphatic carbocycles. The van der Waals surface area contributed by atoms with Gasteiger partial charge in [-0.05, 0) is 0 Å². The van der Waals surface area contributed by atoms with Gasteiger partial charge in [-0.15, -0.1) is 0 Å². The Morgan fingerprint density at radius 2 is 2.00 bits per heavy atom. The van der Waals surface area contributed by atoms with Gasteiger partial charge in [0.05, 0.1) is 12.9 Å². The molecule has 1 aliphatic rings. The summed E-state index contributed by atoms with van der Waals surface area (Å²) in [5.74, 6) is 0.217. The third-order valence-electron chi connectivity index (χ3n) is 3.14. The van der Waals surface area contributed by atoms with Gasteiger partial charge in [0.2, 0.25) is 0 Å². The highest BCUT2D eigenvalue weighted by atomic mass is 16.5. The first-order chi connectivity index (χ1) is 9.09. The smallest absolute Gasteiger partial charge is 0.167 e. The van der Waals surface area contributed by atoms with E-state index in [0.29, 0.717) is 11.2 Å². The van der Waals surface area contributed by atoms with Crippen molar-refractivity contribution in [3.8, 4) is 0 Å². The summed E-state index contributed by atoms with van der Waals surface area (Å²) in [5.41, 5.74) is 6.44. The van der Waals surface area contributed by atoms with Gasteiger partial charge in [-0.3, -0.25) is 4.57 Å². The molecule has 0 aromatic carbocycles. The average Bonchev–Trinajstić information content (AvgIpc) is 2.82. The van der Waals surface area contributed by atoms with E-state index >= 15 is 0 Å². The van der Waals surface area contributed by atoms with Crippen molar-refractivity contribution >= 4 is 17.0 Å². The van der Waals surface area contributed by atoms with E-state index in [0.717, 1.165) is 0 Å². The number of aliphatic hydroxyl groups excluding tert-OH is 3. The molecule has 0 bridgehead atoms. The first-order valence-corrected chi connectivity index (χ1v) is 5.68. The quantitative estimate of drug-likeness (QED) is 0.466. The largest absolute Gasteiger partial charge is 0.388 e. The molecule has 9 heteroatoms. The number of nitrogen functional groups attached to an aromatic ring is 1. The van der Waals surface area contributed by atoms with Crippen LogP contribution in [0.3, 0.4) is 0 Å².